The third kappa shape index (κ3) is 2.62. The van der Waals surface area contributed by atoms with Gasteiger partial charge >= 0.3 is 5.97 Å². The smallest absolute Gasteiger partial charge is 0.304 e. The van der Waals surface area contributed by atoms with E-state index in [-0.39, 0.29) is 30.0 Å². The highest BCUT2D eigenvalue weighted by Crippen LogP contribution is 2.28. The van der Waals surface area contributed by atoms with Crippen LogP contribution in [0.5, 0.6) is 0 Å². The number of carboxylic acids is 1. The molecule has 1 atom stereocenters. The number of halogens is 1. The number of benzene rings is 1. The predicted octanol–water partition coefficient (Wildman–Crippen LogP) is 1.61. The molecule has 2 N–H and O–H groups in total. The number of aliphatic carboxylic acids is 1. The fourth-order valence-corrected chi connectivity index (χ4v) is 2.08. The van der Waals surface area contributed by atoms with Crippen molar-refractivity contribution in [1.29, 1.82) is 0 Å². The third-order valence-corrected chi connectivity index (χ3v) is 3.00. The molecule has 100 valence electrons. The molecule has 1 heterocycles. The predicted molar refractivity (Wildman–Crippen MR) is 64.5 cm³/mol. The van der Waals surface area contributed by atoms with Gasteiger partial charge in [0.2, 0.25) is 5.91 Å². The van der Waals surface area contributed by atoms with Gasteiger partial charge in [0.1, 0.15) is 5.82 Å². The summed E-state index contributed by atoms with van der Waals surface area (Å²) in [6.07, 6.45) is -0.282. The molecule has 0 aliphatic carbocycles. The van der Waals surface area contributed by atoms with Gasteiger partial charge in [0, 0.05) is 11.5 Å². The molecule has 1 aromatic rings. The number of hydrogen-bond donors (Lipinski definition) is 2. The zero-order chi connectivity index (χ0) is 14.2. The summed E-state index contributed by atoms with van der Waals surface area (Å²) in [6, 6.07) is 2.47. The first-order valence-electron chi connectivity index (χ1n) is 5.76. The zero-order valence-corrected chi connectivity index (χ0v) is 10.2. The Hall–Kier alpha value is -2.24. The van der Waals surface area contributed by atoms with E-state index in [1.165, 1.54) is 13.0 Å². The summed E-state index contributed by atoms with van der Waals surface area (Å²) in [5, 5.41) is 11.0. The minimum absolute atomic E-state index is 0.0285. The van der Waals surface area contributed by atoms with Crippen LogP contribution in [0, 0.1) is 11.7 Å². The van der Waals surface area contributed by atoms with Crippen molar-refractivity contribution in [3.63, 3.8) is 0 Å². The van der Waals surface area contributed by atoms with Crippen LogP contribution in [0.1, 0.15) is 29.3 Å². The normalized spacial score (nSPS) is 14.7. The molecule has 1 amide bonds. The van der Waals surface area contributed by atoms with Gasteiger partial charge in [-0.2, -0.15) is 0 Å². The highest BCUT2D eigenvalue weighted by molar-refractivity contribution is 6.03. The Kier molecular flexibility index (Phi) is 3.33. The molecular formula is C13H12FNO4. The quantitative estimate of drug-likeness (QED) is 0.810. The number of carbonyl (C=O) groups excluding carboxylic acids is 2. The van der Waals surface area contributed by atoms with Crippen LogP contribution in [0.3, 0.4) is 0 Å². The van der Waals surface area contributed by atoms with E-state index in [1.54, 1.807) is 0 Å². The number of carboxylic acid groups (broad SMARTS) is 1. The fraction of sp³-hybridized carbons (Fsp3) is 0.308. The molecule has 5 nitrogen and oxygen atoms in total. The molecule has 1 aromatic carbocycles. The average Bonchev–Trinajstić information content (AvgIpc) is 2.68. The maximum absolute atomic E-state index is 13.7. The largest absolute Gasteiger partial charge is 0.481 e. The van der Waals surface area contributed by atoms with E-state index in [0.717, 1.165) is 6.07 Å². The standard InChI is InChI=1S/C13H12FNO4/c1-6(2-11(17)18)13(19)8-3-7-5-10(16)15-12(7)9(14)4-8/h3-4,6H,2,5H2,1H3,(H,15,16)(H,17,18). The number of nitrogens with one attached hydrogen (secondary N) is 1. The summed E-state index contributed by atoms with van der Waals surface area (Å²) < 4.78 is 13.7. The van der Waals surface area contributed by atoms with Crippen molar-refractivity contribution in [3.05, 3.63) is 29.1 Å². The molecule has 0 radical (unpaired) electrons. The molecule has 1 unspecified atom stereocenters. The fourth-order valence-electron chi connectivity index (χ4n) is 2.08. The number of anilines is 1. The molecule has 0 fully saturated rings. The van der Waals surface area contributed by atoms with Crippen LogP contribution >= 0.6 is 0 Å². The Balaban J connectivity index is 2.30. The Morgan fingerprint density at radius 2 is 2.16 bits per heavy atom. The molecule has 0 saturated carbocycles. The second kappa shape index (κ2) is 4.79. The average molecular weight is 265 g/mol. The molecule has 0 bridgehead atoms. The van der Waals surface area contributed by atoms with Crippen molar-refractivity contribution in [2.24, 2.45) is 5.92 Å². The second-order valence-corrected chi connectivity index (χ2v) is 4.58. The van der Waals surface area contributed by atoms with Crippen molar-refractivity contribution >= 4 is 23.3 Å². The van der Waals surface area contributed by atoms with E-state index in [2.05, 4.69) is 5.32 Å². The summed E-state index contributed by atoms with van der Waals surface area (Å²) >= 11 is 0. The van der Waals surface area contributed by atoms with Crippen LogP contribution in [-0.4, -0.2) is 22.8 Å². The maximum Gasteiger partial charge on any atom is 0.304 e. The highest BCUT2D eigenvalue weighted by Gasteiger charge is 2.25. The number of rotatable bonds is 4. The monoisotopic (exact) mass is 265 g/mol. The lowest BCUT2D eigenvalue weighted by Crippen LogP contribution is -2.16. The molecular weight excluding hydrogens is 253 g/mol. The van der Waals surface area contributed by atoms with Gasteiger partial charge in [0.05, 0.1) is 18.5 Å². The first-order chi connectivity index (χ1) is 8.88. The first kappa shape index (κ1) is 13.2. The Labute approximate surface area is 108 Å². The van der Waals surface area contributed by atoms with E-state index in [1.807, 2.05) is 0 Å². The van der Waals surface area contributed by atoms with Gasteiger partial charge in [-0.15, -0.1) is 0 Å². The van der Waals surface area contributed by atoms with E-state index >= 15 is 0 Å². The number of fused-ring (bicyclic) bond motifs is 1. The van der Waals surface area contributed by atoms with E-state index < -0.39 is 23.5 Å². The summed E-state index contributed by atoms with van der Waals surface area (Å²) in [5.41, 5.74) is 0.629. The van der Waals surface area contributed by atoms with Crippen LogP contribution in [-0.2, 0) is 16.0 Å². The Morgan fingerprint density at radius 3 is 2.79 bits per heavy atom. The van der Waals surface area contributed by atoms with Gasteiger partial charge in [-0.1, -0.05) is 6.92 Å². The molecule has 2 rings (SSSR count). The van der Waals surface area contributed by atoms with Crippen molar-refractivity contribution in [1.82, 2.24) is 0 Å². The summed E-state index contributed by atoms with van der Waals surface area (Å²) in [4.78, 5) is 33.7. The second-order valence-electron chi connectivity index (χ2n) is 4.58. The van der Waals surface area contributed by atoms with Crippen LogP contribution in [0.4, 0.5) is 10.1 Å². The van der Waals surface area contributed by atoms with Gasteiger partial charge in [0.25, 0.3) is 0 Å². The van der Waals surface area contributed by atoms with Crippen LogP contribution in [0.25, 0.3) is 0 Å². The van der Waals surface area contributed by atoms with Crippen molar-refractivity contribution < 1.29 is 23.9 Å². The maximum atomic E-state index is 13.7. The highest BCUT2D eigenvalue weighted by atomic mass is 19.1. The van der Waals surface area contributed by atoms with Crippen molar-refractivity contribution in [2.45, 2.75) is 19.8 Å². The minimum atomic E-state index is -1.08. The number of carbonyl (C=O) groups is 3. The SMILES string of the molecule is CC(CC(=O)O)C(=O)c1cc(F)c2c(c1)CC(=O)N2. The number of hydrogen-bond acceptors (Lipinski definition) is 3. The summed E-state index contributed by atoms with van der Waals surface area (Å²) in [5.74, 6) is -3.26. The molecule has 1 aliphatic rings. The van der Waals surface area contributed by atoms with Gasteiger partial charge in [0.15, 0.2) is 5.78 Å². The van der Waals surface area contributed by atoms with Gasteiger partial charge in [-0.3, -0.25) is 14.4 Å². The van der Waals surface area contributed by atoms with Gasteiger partial charge in [-0.05, 0) is 17.7 Å². The van der Waals surface area contributed by atoms with Crippen molar-refractivity contribution in [3.8, 4) is 0 Å². The lowest BCUT2D eigenvalue weighted by atomic mass is 9.94. The minimum Gasteiger partial charge on any atom is -0.481 e. The molecule has 1 aliphatic heterocycles. The lowest BCUT2D eigenvalue weighted by molar-refractivity contribution is -0.137. The van der Waals surface area contributed by atoms with Crippen LogP contribution < -0.4 is 5.32 Å². The molecule has 6 heteroatoms. The third-order valence-electron chi connectivity index (χ3n) is 3.00. The van der Waals surface area contributed by atoms with E-state index in [4.69, 9.17) is 5.11 Å². The summed E-state index contributed by atoms with van der Waals surface area (Å²) in [7, 11) is 0. The Morgan fingerprint density at radius 1 is 1.47 bits per heavy atom. The number of Topliss-reactive ketones (excluding diaryl/α,β-unsaturated/α-hetero) is 1. The molecule has 0 saturated heterocycles. The summed E-state index contributed by atoms with van der Waals surface area (Å²) in [6.45, 7) is 1.48. The van der Waals surface area contributed by atoms with Crippen molar-refractivity contribution in [2.75, 3.05) is 5.32 Å². The van der Waals surface area contributed by atoms with E-state index in [0.29, 0.717) is 5.56 Å². The number of amides is 1. The molecule has 0 spiro atoms. The topological polar surface area (TPSA) is 83.5 Å². The van der Waals surface area contributed by atoms with Gasteiger partial charge < -0.3 is 10.4 Å². The lowest BCUT2D eigenvalue weighted by Gasteiger charge is -2.09. The Bertz CT molecular complexity index is 582. The van der Waals surface area contributed by atoms with Crippen LogP contribution in [0.15, 0.2) is 12.1 Å². The van der Waals surface area contributed by atoms with Crippen LogP contribution in [0.2, 0.25) is 0 Å². The first-order valence-corrected chi connectivity index (χ1v) is 5.76. The molecule has 0 aromatic heterocycles. The number of ketones is 1. The molecule has 19 heavy (non-hydrogen) atoms. The van der Waals surface area contributed by atoms with E-state index in [9.17, 15) is 18.8 Å². The zero-order valence-electron chi connectivity index (χ0n) is 10.2. The van der Waals surface area contributed by atoms with Gasteiger partial charge in [-0.25, -0.2) is 4.39 Å².